The summed E-state index contributed by atoms with van der Waals surface area (Å²) in [6.45, 7) is 3.76. The maximum Gasteiger partial charge on any atom is 0.239 e. The molecule has 16 heavy (non-hydrogen) atoms. The van der Waals surface area contributed by atoms with Crippen molar-refractivity contribution in [1.82, 2.24) is 15.3 Å². The first-order chi connectivity index (χ1) is 7.72. The number of hydrogen-bond acceptors (Lipinski definition) is 5. The monoisotopic (exact) mass is 221 g/mol. The minimum absolute atomic E-state index is 0.0373. The van der Waals surface area contributed by atoms with Crippen molar-refractivity contribution in [2.45, 2.75) is 6.92 Å². The second-order valence-electron chi connectivity index (χ2n) is 3.69. The highest BCUT2D eigenvalue weighted by Crippen LogP contribution is 2.21. The lowest BCUT2D eigenvalue weighted by molar-refractivity contribution is -0.120. The van der Waals surface area contributed by atoms with E-state index in [0.717, 1.165) is 23.7 Å². The summed E-state index contributed by atoms with van der Waals surface area (Å²) in [5, 5.41) is 5.80. The lowest BCUT2D eigenvalue weighted by atomic mass is 10.2. The summed E-state index contributed by atoms with van der Waals surface area (Å²) in [4.78, 5) is 21.6. The van der Waals surface area contributed by atoms with Crippen molar-refractivity contribution in [2.24, 2.45) is 0 Å². The van der Waals surface area contributed by atoms with Gasteiger partial charge in [-0.25, -0.2) is 9.97 Å². The highest BCUT2D eigenvalue weighted by Gasteiger charge is 2.20. The van der Waals surface area contributed by atoms with Crippen molar-refractivity contribution >= 4 is 17.5 Å². The van der Waals surface area contributed by atoms with Gasteiger partial charge in [0.15, 0.2) is 0 Å². The number of hydrogen-bond donors (Lipinski definition) is 2. The molecule has 1 aliphatic rings. The fourth-order valence-electron chi connectivity index (χ4n) is 1.83. The molecule has 0 atom stereocenters. The van der Waals surface area contributed by atoms with Crippen LogP contribution in [0.4, 0.5) is 11.6 Å². The van der Waals surface area contributed by atoms with Gasteiger partial charge in [-0.1, -0.05) is 0 Å². The van der Waals surface area contributed by atoms with E-state index in [1.54, 1.807) is 0 Å². The molecule has 1 aromatic rings. The molecule has 6 heteroatoms. The van der Waals surface area contributed by atoms with E-state index in [1.165, 1.54) is 6.33 Å². The lowest BCUT2D eigenvalue weighted by Crippen LogP contribution is -2.48. The van der Waals surface area contributed by atoms with Crippen molar-refractivity contribution in [2.75, 3.05) is 36.9 Å². The highest BCUT2D eigenvalue weighted by atomic mass is 16.2. The van der Waals surface area contributed by atoms with Gasteiger partial charge in [0.2, 0.25) is 5.91 Å². The minimum atomic E-state index is 0.0373. The standard InChI is InChI=1S/C10H15N5O/c1-7-9(11-2)13-6-14-10(7)15-4-3-12-8(16)5-15/h6H,3-5H2,1-2H3,(H,12,16)(H,11,13,14). The Hall–Kier alpha value is -1.85. The Morgan fingerprint density at radius 2 is 2.31 bits per heavy atom. The predicted octanol–water partition coefficient (Wildman–Crippen LogP) is -0.237. The quantitative estimate of drug-likeness (QED) is 0.721. The molecule has 2 rings (SSSR count). The number of carbonyl (C=O) groups is 1. The van der Waals surface area contributed by atoms with Gasteiger partial charge in [-0.3, -0.25) is 4.79 Å². The zero-order valence-corrected chi connectivity index (χ0v) is 9.45. The van der Waals surface area contributed by atoms with E-state index >= 15 is 0 Å². The van der Waals surface area contributed by atoms with E-state index in [1.807, 2.05) is 18.9 Å². The fourth-order valence-corrected chi connectivity index (χ4v) is 1.83. The van der Waals surface area contributed by atoms with Gasteiger partial charge in [0.25, 0.3) is 0 Å². The van der Waals surface area contributed by atoms with Crippen molar-refractivity contribution in [3.05, 3.63) is 11.9 Å². The van der Waals surface area contributed by atoms with Crippen LogP contribution in [0.25, 0.3) is 0 Å². The number of piperazine rings is 1. The first-order valence-corrected chi connectivity index (χ1v) is 5.23. The first-order valence-electron chi connectivity index (χ1n) is 5.23. The Balaban J connectivity index is 2.29. The summed E-state index contributed by atoms with van der Waals surface area (Å²) >= 11 is 0. The van der Waals surface area contributed by atoms with Crippen molar-refractivity contribution in [3.8, 4) is 0 Å². The van der Waals surface area contributed by atoms with E-state index in [2.05, 4.69) is 20.6 Å². The third kappa shape index (κ3) is 1.91. The van der Waals surface area contributed by atoms with Crippen LogP contribution in [0.2, 0.25) is 0 Å². The fraction of sp³-hybridized carbons (Fsp3) is 0.500. The van der Waals surface area contributed by atoms with Crippen LogP contribution in [0.5, 0.6) is 0 Å². The Kier molecular flexibility index (Phi) is 2.89. The van der Waals surface area contributed by atoms with Gasteiger partial charge >= 0.3 is 0 Å². The van der Waals surface area contributed by atoms with E-state index in [9.17, 15) is 4.79 Å². The summed E-state index contributed by atoms with van der Waals surface area (Å²) in [5.74, 6) is 1.67. The molecule has 1 aromatic heterocycles. The summed E-state index contributed by atoms with van der Waals surface area (Å²) in [6, 6.07) is 0. The van der Waals surface area contributed by atoms with Crippen molar-refractivity contribution in [1.29, 1.82) is 0 Å². The van der Waals surface area contributed by atoms with Gasteiger partial charge in [-0.05, 0) is 6.92 Å². The molecule has 1 fully saturated rings. The minimum Gasteiger partial charge on any atom is -0.373 e. The third-order valence-corrected chi connectivity index (χ3v) is 2.63. The number of carbonyl (C=O) groups excluding carboxylic acids is 1. The molecular formula is C10H15N5O. The predicted molar refractivity (Wildman–Crippen MR) is 61.5 cm³/mol. The molecule has 86 valence electrons. The number of nitrogens with one attached hydrogen (secondary N) is 2. The Morgan fingerprint density at radius 1 is 1.50 bits per heavy atom. The number of aromatic nitrogens is 2. The largest absolute Gasteiger partial charge is 0.373 e. The first kappa shape index (κ1) is 10.7. The Labute approximate surface area is 94.1 Å². The maximum atomic E-state index is 11.3. The van der Waals surface area contributed by atoms with Crippen LogP contribution in [-0.2, 0) is 4.79 Å². The second kappa shape index (κ2) is 4.34. The number of rotatable bonds is 2. The molecule has 1 aliphatic heterocycles. The zero-order valence-electron chi connectivity index (χ0n) is 9.45. The Morgan fingerprint density at radius 3 is 3.00 bits per heavy atom. The highest BCUT2D eigenvalue weighted by molar-refractivity contribution is 5.82. The van der Waals surface area contributed by atoms with Crippen molar-refractivity contribution in [3.63, 3.8) is 0 Å². The van der Waals surface area contributed by atoms with Crippen LogP contribution in [0.3, 0.4) is 0 Å². The van der Waals surface area contributed by atoms with E-state index < -0.39 is 0 Å². The van der Waals surface area contributed by atoms with Gasteiger partial charge < -0.3 is 15.5 Å². The molecule has 1 saturated heterocycles. The van der Waals surface area contributed by atoms with Gasteiger partial charge in [0.1, 0.15) is 18.0 Å². The molecule has 0 spiro atoms. The van der Waals surface area contributed by atoms with Crippen molar-refractivity contribution < 1.29 is 4.79 Å². The SMILES string of the molecule is CNc1ncnc(N2CCNC(=O)C2)c1C. The number of nitrogens with zero attached hydrogens (tertiary/aromatic N) is 3. The molecule has 1 amide bonds. The van der Waals surface area contributed by atoms with Gasteiger partial charge in [0, 0.05) is 25.7 Å². The Bertz CT molecular complexity index is 406. The molecule has 0 saturated carbocycles. The third-order valence-electron chi connectivity index (χ3n) is 2.63. The van der Waals surface area contributed by atoms with Crippen LogP contribution >= 0.6 is 0 Å². The number of amides is 1. The number of anilines is 2. The summed E-state index contributed by atoms with van der Waals surface area (Å²) in [5.41, 5.74) is 0.972. The average molecular weight is 221 g/mol. The molecule has 2 N–H and O–H groups in total. The molecular weight excluding hydrogens is 206 g/mol. The molecule has 6 nitrogen and oxygen atoms in total. The molecule has 0 unspecified atom stereocenters. The summed E-state index contributed by atoms with van der Waals surface area (Å²) in [6.07, 6.45) is 1.51. The van der Waals surface area contributed by atoms with Gasteiger partial charge in [-0.15, -0.1) is 0 Å². The molecule has 0 aliphatic carbocycles. The maximum absolute atomic E-state index is 11.3. The zero-order chi connectivity index (χ0) is 11.5. The van der Waals surface area contributed by atoms with Gasteiger partial charge in [-0.2, -0.15) is 0 Å². The topological polar surface area (TPSA) is 70.2 Å². The van der Waals surface area contributed by atoms with Gasteiger partial charge in [0.05, 0.1) is 6.54 Å². The summed E-state index contributed by atoms with van der Waals surface area (Å²) in [7, 11) is 1.82. The smallest absolute Gasteiger partial charge is 0.239 e. The van der Waals surface area contributed by atoms with Crippen LogP contribution in [0.15, 0.2) is 6.33 Å². The van der Waals surface area contributed by atoms with E-state index in [-0.39, 0.29) is 5.91 Å². The second-order valence-corrected chi connectivity index (χ2v) is 3.69. The normalized spacial score (nSPS) is 15.9. The van der Waals surface area contributed by atoms with Crippen LogP contribution in [0.1, 0.15) is 5.56 Å². The van der Waals surface area contributed by atoms with E-state index in [4.69, 9.17) is 0 Å². The molecule has 0 aromatic carbocycles. The van der Waals surface area contributed by atoms with Crippen LogP contribution in [0, 0.1) is 6.92 Å². The van der Waals surface area contributed by atoms with Crippen LogP contribution < -0.4 is 15.5 Å². The summed E-state index contributed by atoms with van der Waals surface area (Å²) < 4.78 is 0. The van der Waals surface area contributed by atoms with E-state index in [0.29, 0.717) is 13.1 Å². The molecule has 0 bridgehead atoms. The molecule has 0 radical (unpaired) electrons. The lowest BCUT2D eigenvalue weighted by Gasteiger charge is -2.28. The average Bonchev–Trinajstić information content (AvgIpc) is 2.29. The molecule has 2 heterocycles. The van der Waals surface area contributed by atoms with Crippen LogP contribution in [-0.4, -0.2) is 42.6 Å².